The van der Waals surface area contributed by atoms with Crippen molar-refractivity contribution in [3.63, 3.8) is 0 Å². The molecule has 1 aliphatic rings. The maximum Gasteiger partial charge on any atom is 0.166 e. The van der Waals surface area contributed by atoms with Crippen LogP contribution in [0.4, 0.5) is 0 Å². The predicted octanol–water partition coefficient (Wildman–Crippen LogP) is 3.21. The van der Waals surface area contributed by atoms with Crippen molar-refractivity contribution in [2.45, 2.75) is 33.1 Å². The Bertz CT molecular complexity index is 464. The van der Waals surface area contributed by atoms with Gasteiger partial charge >= 0.3 is 0 Å². The standard InChI is InChI=1S/C17H25NO2/c1-12-6-7-17(20-3)15(9-12)16(19)10-13(2)14-5-4-8-18-11-14/h6-7,9,13-14,18H,4-5,8,10-11H2,1-3H3. The summed E-state index contributed by atoms with van der Waals surface area (Å²) in [6, 6.07) is 5.80. The molecule has 1 aromatic carbocycles. The van der Waals surface area contributed by atoms with Gasteiger partial charge in [-0.1, -0.05) is 18.6 Å². The molecule has 1 aliphatic heterocycles. The second-order valence-electron chi connectivity index (χ2n) is 5.91. The lowest BCUT2D eigenvalue weighted by atomic mass is 9.83. The number of ether oxygens (including phenoxy) is 1. The van der Waals surface area contributed by atoms with Gasteiger partial charge in [-0.05, 0) is 56.8 Å². The number of benzene rings is 1. The van der Waals surface area contributed by atoms with Gasteiger partial charge in [-0.15, -0.1) is 0 Å². The van der Waals surface area contributed by atoms with E-state index in [0.717, 1.165) is 24.2 Å². The monoisotopic (exact) mass is 275 g/mol. The van der Waals surface area contributed by atoms with Crippen molar-refractivity contribution < 1.29 is 9.53 Å². The Hall–Kier alpha value is -1.35. The average molecular weight is 275 g/mol. The summed E-state index contributed by atoms with van der Waals surface area (Å²) in [4.78, 5) is 12.5. The van der Waals surface area contributed by atoms with E-state index >= 15 is 0 Å². The fourth-order valence-corrected chi connectivity index (χ4v) is 2.97. The lowest BCUT2D eigenvalue weighted by Gasteiger charge is -2.28. The van der Waals surface area contributed by atoms with Gasteiger partial charge in [0.2, 0.25) is 0 Å². The van der Waals surface area contributed by atoms with Gasteiger partial charge in [0.15, 0.2) is 5.78 Å². The molecule has 2 rings (SSSR count). The Balaban J connectivity index is 2.05. The van der Waals surface area contributed by atoms with E-state index < -0.39 is 0 Å². The van der Waals surface area contributed by atoms with Crippen LogP contribution < -0.4 is 10.1 Å². The van der Waals surface area contributed by atoms with E-state index in [0.29, 0.717) is 24.0 Å². The van der Waals surface area contributed by atoms with Crippen LogP contribution in [0, 0.1) is 18.8 Å². The number of Topliss-reactive ketones (excluding diaryl/α,β-unsaturated/α-hetero) is 1. The number of hydrogen-bond acceptors (Lipinski definition) is 3. The lowest BCUT2D eigenvalue weighted by molar-refractivity contribution is 0.0940. The third kappa shape index (κ3) is 3.60. The predicted molar refractivity (Wildman–Crippen MR) is 81.4 cm³/mol. The van der Waals surface area contributed by atoms with Gasteiger partial charge in [-0.3, -0.25) is 4.79 Å². The van der Waals surface area contributed by atoms with Gasteiger partial charge in [-0.25, -0.2) is 0 Å². The van der Waals surface area contributed by atoms with E-state index in [1.807, 2.05) is 25.1 Å². The number of carbonyl (C=O) groups is 1. The molecule has 0 bridgehead atoms. The molecule has 0 aliphatic carbocycles. The maximum atomic E-state index is 12.5. The molecule has 0 saturated carbocycles. The van der Waals surface area contributed by atoms with Gasteiger partial charge in [-0.2, -0.15) is 0 Å². The minimum atomic E-state index is 0.198. The van der Waals surface area contributed by atoms with Crippen LogP contribution in [0.25, 0.3) is 0 Å². The molecule has 110 valence electrons. The Morgan fingerprint density at radius 3 is 2.95 bits per heavy atom. The van der Waals surface area contributed by atoms with Gasteiger partial charge in [0, 0.05) is 6.42 Å². The second-order valence-corrected chi connectivity index (χ2v) is 5.91. The van der Waals surface area contributed by atoms with Crippen LogP contribution in [0.5, 0.6) is 5.75 Å². The van der Waals surface area contributed by atoms with Crippen LogP contribution >= 0.6 is 0 Å². The van der Waals surface area contributed by atoms with Crippen LogP contribution in [-0.4, -0.2) is 26.0 Å². The van der Waals surface area contributed by atoms with Crippen molar-refractivity contribution in [1.82, 2.24) is 5.32 Å². The second kappa shape index (κ2) is 6.89. The van der Waals surface area contributed by atoms with Crippen LogP contribution in [0.3, 0.4) is 0 Å². The molecule has 3 nitrogen and oxygen atoms in total. The summed E-state index contributed by atoms with van der Waals surface area (Å²) in [5.41, 5.74) is 1.82. The summed E-state index contributed by atoms with van der Waals surface area (Å²) in [7, 11) is 1.62. The van der Waals surface area contributed by atoms with Gasteiger partial charge in [0.25, 0.3) is 0 Å². The molecule has 20 heavy (non-hydrogen) atoms. The molecule has 0 aromatic heterocycles. The van der Waals surface area contributed by atoms with Gasteiger partial charge in [0.1, 0.15) is 5.75 Å². The highest BCUT2D eigenvalue weighted by atomic mass is 16.5. The summed E-state index contributed by atoms with van der Waals surface area (Å²) >= 11 is 0. The highest BCUT2D eigenvalue weighted by Gasteiger charge is 2.23. The summed E-state index contributed by atoms with van der Waals surface area (Å²) in [5, 5.41) is 3.42. The summed E-state index contributed by atoms with van der Waals surface area (Å²) in [6.45, 7) is 6.35. The molecule has 2 atom stereocenters. The fourth-order valence-electron chi connectivity index (χ4n) is 2.97. The molecule has 0 spiro atoms. The first-order valence-electron chi connectivity index (χ1n) is 7.50. The largest absolute Gasteiger partial charge is 0.496 e. The molecule has 1 aromatic rings. The van der Waals surface area contributed by atoms with E-state index in [1.54, 1.807) is 7.11 Å². The van der Waals surface area contributed by atoms with E-state index in [9.17, 15) is 4.79 Å². The fraction of sp³-hybridized carbons (Fsp3) is 0.588. The van der Waals surface area contributed by atoms with Crippen molar-refractivity contribution in [2.24, 2.45) is 11.8 Å². The zero-order chi connectivity index (χ0) is 14.5. The number of aryl methyl sites for hydroxylation is 1. The van der Waals surface area contributed by atoms with Crippen molar-refractivity contribution in [2.75, 3.05) is 20.2 Å². The quantitative estimate of drug-likeness (QED) is 0.839. The molecule has 1 heterocycles. The lowest BCUT2D eigenvalue weighted by Crippen LogP contribution is -2.34. The Morgan fingerprint density at radius 2 is 2.30 bits per heavy atom. The SMILES string of the molecule is COc1ccc(C)cc1C(=O)CC(C)C1CCCNC1. The molecule has 3 heteroatoms. The maximum absolute atomic E-state index is 12.5. The number of carbonyl (C=O) groups excluding carboxylic acids is 1. The number of ketones is 1. The minimum absolute atomic E-state index is 0.198. The Kier molecular flexibility index (Phi) is 5.18. The first-order valence-corrected chi connectivity index (χ1v) is 7.50. The van der Waals surface area contributed by atoms with E-state index in [1.165, 1.54) is 12.8 Å². The molecule has 1 fully saturated rings. The first-order chi connectivity index (χ1) is 9.61. The van der Waals surface area contributed by atoms with Crippen molar-refractivity contribution in [1.29, 1.82) is 0 Å². The topological polar surface area (TPSA) is 38.3 Å². The smallest absolute Gasteiger partial charge is 0.166 e. The summed E-state index contributed by atoms with van der Waals surface area (Å²) in [6.07, 6.45) is 3.05. The molecular formula is C17H25NO2. The van der Waals surface area contributed by atoms with Crippen molar-refractivity contribution >= 4 is 5.78 Å². The first kappa shape index (κ1) is 15.0. The van der Waals surface area contributed by atoms with E-state index in [2.05, 4.69) is 12.2 Å². The number of methoxy groups -OCH3 is 1. The van der Waals surface area contributed by atoms with Crippen molar-refractivity contribution in [3.8, 4) is 5.75 Å². The Morgan fingerprint density at radius 1 is 1.50 bits per heavy atom. The minimum Gasteiger partial charge on any atom is -0.496 e. The van der Waals surface area contributed by atoms with Crippen LogP contribution in [0.2, 0.25) is 0 Å². The average Bonchev–Trinajstić information content (AvgIpc) is 2.48. The molecule has 0 amide bonds. The highest BCUT2D eigenvalue weighted by molar-refractivity contribution is 5.99. The molecule has 0 radical (unpaired) electrons. The van der Waals surface area contributed by atoms with Crippen LogP contribution in [-0.2, 0) is 0 Å². The summed E-state index contributed by atoms with van der Waals surface area (Å²) < 4.78 is 5.32. The number of nitrogens with one attached hydrogen (secondary N) is 1. The summed E-state index contributed by atoms with van der Waals surface area (Å²) in [5.74, 6) is 1.92. The van der Waals surface area contributed by atoms with E-state index in [-0.39, 0.29) is 5.78 Å². The van der Waals surface area contributed by atoms with Crippen molar-refractivity contribution in [3.05, 3.63) is 29.3 Å². The molecule has 1 saturated heterocycles. The number of hydrogen-bond donors (Lipinski definition) is 1. The zero-order valence-electron chi connectivity index (χ0n) is 12.7. The molecule has 2 unspecified atom stereocenters. The van der Waals surface area contributed by atoms with Crippen LogP contribution in [0.1, 0.15) is 42.1 Å². The zero-order valence-corrected chi connectivity index (χ0v) is 12.7. The third-order valence-electron chi connectivity index (χ3n) is 4.30. The molecule has 1 N–H and O–H groups in total. The normalized spacial score (nSPS) is 20.4. The number of rotatable bonds is 5. The van der Waals surface area contributed by atoms with E-state index in [4.69, 9.17) is 4.74 Å². The van der Waals surface area contributed by atoms with Gasteiger partial charge < -0.3 is 10.1 Å². The number of piperidine rings is 1. The molecular weight excluding hydrogens is 250 g/mol. The Labute approximate surface area is 121 Å². The van der Waals surface area contributed by atoms with Gasteiger partial charge in [0.05, 0.1) is 12.7 Å². The third-order valence-corrected chi connectivity index (χ3v) is 4.30. The van der Waals surface area contributed by atoms with Crippen LogP contribution in [0.15, 0.2) is 18.2 Å². The highest BCUT2D eigenvalue weighted by Crippen LogP contribution is 2.27.